The van der Waals surface area contributed by atoms with Gasteiger partial charge in [0, 0.05) is 18.1 Å². The van der Waals surface area contributed by atoms with E-state index in [1.807, 2.05) is 19.1 Å². The smallest absolute Gasteiger partial charge is 0.411 e. The van der Waals surface area contributed by atoms with Gasteiger partial charge in [0.25, 0.3) is 5.88 Å². The first-order valence-corrected chi connectivity index (χ1v) is 13.0. The summed E-state index contributed by atoms with van der Waals surface area (Å²) >= 11 is 1.27. The summed E-state index contributed by atoms with van der Waals surface area (Å²) in [5.74, 6) is -0.0777. The van der Waals surface area contributed by atoms with Gasteiger partial charge in [0.2, 0.25) is 5.88 Å². The predicted octanol–water partition coefficient (Wildman–Crippen LogP) is 4.10. The van der Waals surface area contributed by atoms with Crippen LogP contribution in [0.5, 0.6) is 11.8 Å². The minimum Gasteiger partial charge on any atom is -0.480 e. The number of aryl methyl sites for hydroxylation is 1. The number of hydrogen-bond acceptors (Lipinski definition) is 12. The fourth-order valence-corrected chi connectivity index (χ4v) is 4.68. The Morgan fingerprint density at radius 1 is 1.10 bits per heavy atom. The standard InChI is InChI=1S/C26H24FN7O5S/c1-13-6-16(22-18(7-13)32-21(37-3)11-30-22)24-33-19-8-17(27)23(34-25(19)40-24)39-14(2)12-38-26(36)31-15-9-28-20(4-5-35)29-10-15/h6-11,14,35H,4-5,12H2,1-3H3,(H,31,36)/t14-/m0/s1. The van der Waals surface area contributed by atoms with Gasteiger partial charge in [-0.15, -0.1) is 0 Å². The number of pyridine rings is 1. The van der Waals surface area contributed by atoms with Gasteiger partial charge in [0.05, 0.1) is 49.0 Å². The van der Waals surface area contributed by atoms with Crippen LogP contribution in [0.25, 0.3) is 32.0 Å². The highest BCUT2D eigenvalue weighted by molar-refractivity contribution is 7.21. The number of aliphatic hydroxyl groups excluding tert-OH is 1. The van der Waals surface area contributed by atoms with E-state index < -0.39 is 18.0 Å². The van der Waals surface area contributed by atoms with Crippen LogP contribution in [0, 0.1) is 12.7 Å². The third-order valence-corrected chi connectivity index (χ3v) is 6.56. The molecular weight excluding hydrogens is 541 g/mol. The molecule has 0 bridgehead atoms. The largest absolute Gasteiger partial charge is 0.480 e. The first kappa shape index (κ1) is 27.0. The summed E-state index contributed by atoms with van der Waals surface area (Å²) in [5.41, 5.74) is 3.69. The zero-order valence-electron chi connectivity index (χ0n) is 21.7. The molecule has 1 aromatic carbocycles. The molecule has 5 aromatic rings. The average Bonchev–Trinajstić information content (AvgIpc) is 3.35. The van der Waals surface area contributed by atoms with Crippen LogP contribution in [0.3, 0.4) is 0 Å². The molecule has 14 heteroatoms. The van der Waals surface area contributed by atoms with Gasteiger partial charge >= 0.3 is 6.09 Å². The number of rotatable bonds is 9. The maximum atomic E-state index is 14.9. The van der Waals surface area contributed by atoms with E-state index in [2.05, 4.69) is 35.2 Å². The van der Waals surface area contributed by atoms with Crippen molar-refractivity contribution in [3.63, 3.8) is 0 Å². The van der Waals surface area contributed by atoms with E-state index >= 15 is 0 Å². The zero-order valence-corrected chi connectivity index (χ0v) is 22.5. The second-order valence-corrected chi connectivity index (χ2v) is 9.70. The first-order valence-electron chi connectivity index (χ1n) is 12.1. The summed E-state index contributed by atoms with van der Waals surface area (Å²) < 4.78 is 30.8. The molecule has 0 unspecified atom stereocenters. The van der Waals surface area contributed by atoms with Crippen LogP contribution in [-0.4, -0.2) is 67.5 Å². The molecule has 1 atom stereocenters. The molecular formula is C26H24FN7O5S. The maximum Gasteiger partial charge on any atom is 0.411 e. The monoisotopic (exact) mass is 565 g/mol. The SMILES string of the molecule is COc1cnc2c(-c3nc4cc(F)c(O[C@@H](C)COC(=O)Nc5cnc(CCO)nc5)nc4s3)cc(C)cc2n1. The number of ether oxygens (including phenoxy) is 3. The third kappa shape index (κ3) is 6.02. The van der Waals surface area contributed by atoms with Gasteiger partial charge < -0.3 is 19.3 Å². The molecule has 0 saturated heterocycles. The second-order valence-electron chi connectivity index (χ2n) is 8.72. The highest BCUT2D eigenvalue weighted by Crippen LogP contribution is 2.35. The fourth-order valence-electron chi connectivity index (χ4n) is 3.75. The summed E-state index contributed by atoms with van der Waals surface area (Å²) in [6.45, 7) is 3.32. The van der Waals surface area contributed by atoms with Gasteiger partial charge in [-0.3, -0.25) is 5.32 Å². The number of nitrogens with one attached hydrogen (secondary N) is 1. The molecule has 0 radical (unpaired) electrons. The first-order chi connectivity index (χ1) is 19.3. The lowest BCUT2D eigenvalue weighted by molar-refractivity contribution is 0.0941. The van der Waals surface area contributed by atoms with Crippen LogP contribution >= 0.6 is 11.3 Å². The molecule has 4 aromatic heterocycles. The lowest BCUT2D eigenvalue weighted by atomic mass is 10.1. The summed E-state index contributed by atoms with van der Waals surface area (Å²) in [5, 5.41) is 12.0. The Morgan fingerprint density at radius 3 is 2.65 bits per heavy atom. The fraction of sp³-hybridized carbons (Fsp3) is 0.269. The number of methoxy groups -OCH3 is 1. The van der Waals surface area contributed by atoms with E-state index in [9.17, 15) is 9.18 Å². The van der Waals surface area contributed by atoms with Crippen molar-refractivity contribution >= 4 is 44.5 Å². The molecule has 206 valence electrons. The van der Waals surface area contributed by atoms with Crippen LogP contribution < -0.4 is 14.8 Å². The van der Waals surface area contributed by atoms with Crippen LogP contribution in [-0.2, 0) is 11.2 Å². The number of amides is 1. The van der Waals surface area contributed by atoms with E-state index in [0.29, 0.717) is 50.2 Å². The van der Waals surface area contributed by atoms with Crippen molar-refractivity contribution in [2.45, 2.75) is 26.4 Å². The molecule has 0 fully saturated rings. The number of nitrogens with zero attached hydrogens (tertiary/aromatic N) is 6. The van der Waals surface area contributed by atoms with Crippen LogP contribution in [0.4, 0.5) is 14.9 Å². The van der Waals surface area contributed by atoms with Gasteiger partial charge in [-0.05, 0) is 31.5 Å². The Balaban J connectivity index is 1.28. The van der Waals surface area contributed by atoms with Gasteiger partial charge in [0.1, 0.15) is 33.9 Å². The quantitative estimate of drug-likeness (QED) is 0.265. The number of thiazole rings is 1. The number of benzene rings is 1. The van der Waals surface area contributed by atoms with Crippen molar-refractivity contribution in [3.8, 4) is 22.3 Å². The number of carbonyl (C=O) groups is 1. The molecule has 0 spiro atoms. The van der Waals surface area contributed by atoms with E-state index in [-0.39, 0.29) is 19.1 Å². The Hall–Kier alpha value is -4.56. The molecule has 1 amide bonds. The van der Waals surface area contributed by atoms with Crippen molar-refractivity contribution in [3.05, 3.63) is 54.0 Å². The summed E-state index contributed by atoms with van der Waals surface area (Å²) in [6.07, 6.45) is 3.19. The normalized spacial score (nSPS) is 11.9. The molecule has 4 heterocycles. The Bertz CT molecular complexity index is 1680. The highest BCUT2D eigenvalue weighted by Gasteiger charge is 2.19. The van der Waals surface area contributed by atoms with Crippen molar-refractivity contribution in [1.82, 2.24) is 29.9 Å². The maximum absolute atomic E-state index is 14.9. The lowest BCUT2D eigenvalue weighted by Gasteiger charge is -2.14. The number of halogens is 1. The molecule has 2 N–H and O–H groups in total. The molecule has 0 aliphatic carbocycles. The zero-order chi connectivity index (χ0) is 28.2. The topological polar surface area (TPSA) is 154 Å². The van der Waals surface area contributed by atoms with E-state index in [1.54, 1.807) is 6.92 Å². The molecule has 12 nitrogen and oxygen atoms in total. The van der Waals surface area contributed by atoms with E-state index in [1.165, 1.54) is 43.1 Å². The Labute approximate surface area is 231 Å². The second kappa shape index (κ2) is 11.7. The summed E-state index contributed by atoms with van der Waals surface area (Å²) in [4.78, 5) is 38.5. The lowest BCUT2D eigenvalue weighted by Crippen LogP contribution is -2.25. The van der Waals surface area contributed by atoms with Crippen molar-refractivity contribution in [2.24, 2.45) is 0 Å². The highest BCUT2D eigenvalue weighted by atomic mass is 32.1. The van der Waals surface area contributed by atoms with Crippen LogP contribution in [0.2, 0.25) is 0 Å². The average molecular weight is 566 g/mol. The van der Waals surface area contributed by atoms with Gasteiger partial charge in [0.15, 0.2) is 5.82 Å². The third-order valence-electron chi connectivity index (χ3n) is 5.56. The van der Waals surface area contributed by atoms with Gasteiger partial charge in [-0.25, -0.2) is 34.1 Å². The number of aromatic nitrogens is 6. The summed E-state index contributed by atoms with van der Waals surface area (Å²) in [7, 11) is 1.53. The number of fused-ring (bicyclic) bond motifs is 2. The predicted molar refractivity (Wildman–Crippen MR) is 145 cm³/mol. The molecule has 5 rings (SSSR count). The minimum atomic E-state index is -0.754. The molecule has 0 aliphatic rings. The molecule has 40 heavy (non-hydrogen) atoms. The number of anilines is 1. The Kier molecular flexibility index (Phi) is 7.89. The Morgan fingerprint density at radius 2 is 1.90 bits per heavy atom. The number of hydrogen-bond donors (Lipinski definition) is 2. The molecule has 0 aliphatic heterocycles. The minimum absolute atomic E-state index is 0.0750. The van der Waals surface area contributed by atoms with Crippen molar-refractivity contribution < 1.29 is 28.5 Å². The van der Waals surface area contributed by atoms with Gasteiger partial charge in [-0.2, -0.15) is 4.98 Å². The van der Waals surface area contributed by atoms with E-state index in [4.69, 9.17) is 19.3 Å². The van der Waals surface area contributed by atoms with Crippen molar-refractivity contribution in [1.29, 1.82) is 0 Å². The van der Waals surface area contributed by atoms with Crippen LogP contribution in [0.15, 0.2) is 36.8 Å². The number of carbonyl (C=O) groups excluding carboxylic acids is 1. The van der Waals surface area contributed by atoms with Crippen molar-refractivity contribution in [2.75, 3.05) is 25.6 Å². The van der Waals surface area contributed by atoms with Gasteiger partial charge in [-0.1, -0.05) is 11.3 Å². The number of aliphatic hydroxyl groups is 1. The molecule has 0 saturated carbocycles. The summed E-state index contributed by atoms with van der Waals surface area (Å²) in [6, 6.07) is 5.10. The van der Waals surface area contributed by atoms with E-state index in [0.717, 1.165) is 11.1 Å². The van der Waals surface area contributed by atoms with Crippen LogP contribution in [0.1, 0.15) is 18.3 Å².